The maximum atomic E-state index is 11.6. The van der Waals surface area contributed by atoms with Crippen LogP contribution in [-0.4, -0.2) is 18.2 Å². The van der Waals surface area contributed by atoms with E-state index in [1.165, 1.54) is 0 Å². The van der Waals surface area contributed by atoms with Crippen molar-refractivity contribution in [2.75, 3.05) is 17.2 Å². The van der Waals surface area contributed by atoms with E-state index in [2.05, 4.69) is 0 Å². The lowest BCUT2D eigenvalue weighted by molar-refractivity contribution is 0.175. The number of amides is 1. The molecule has 1 saturated heterocycles. The number of nitrogens with two attached hydrogens (primary N) is 1. The second kappa shape index (κ2) is 3.15. The van der Waals surface area contributed by atoms with Gasteiger partial charge in [-0.05, 0) is 26.0 Å². The highest BCUT2D eigenvalue weighted by molar-refractivity contribution is 5.94. The first-order chi connectivity index (χ1) is 7.02. The van der Waals surface area contributed by atoms with Crippen molar-refractivity contribution in [2.24, 2.45) is 0 Å². The first-order valence-electron chi connectivity index (χ1n) is 4.84. The third-order valence-corrected chi connectivity index (χ3v) is 2.51. The Morgan fingerprint density at radius 3 is 2.60 bits per heavy atom. The Hall–Kier alpha value is -1.71. The van der Waals surface area contributed by atoms with E-state index in [-0.39, 0.29) is 11.6 Å². The Morgan fingerprint density at radius 2 is 2.07 bits per heavy atom. The molecule has 1 fully saturated rings. The van der Waals surface area contributed by atoms with Crippen LogP contribution >= 0.6 is 0 Å². The number of nitrogen functional groups attached to an aromatic ring is 1. The number of ether oxygens (including phenoxy) is 1. The van der Waals surface area contributed by atoms with Crippen molar-refractivity contribution in [1.82, 2.24) is 0 Å². The number of hydrogen-bond donors (Lipinski definition) is 1. The second-order valence-corrected chi connectivity index (χ2v) is 4.26. The number of nitrogens with zero attached hydrogens (tertiary/aromatic N) is 1. The molecule has 1 aliphatic heterocycles. The van der Waals surface area contributed by atoms with Crippen LogP contribution in [0.3, 0.4) is 0 Å². The molecular formula is C11H14N2O2. The zero-order chi connectivity index (χ0) is 11.1. The summed E-state index contributed by atoms with van der Waals surface area (Å²) in [6.45, 7) is 4.29. The van der Waals surface area contributed by atoms with Crippen LogP contribution in [0.5, 0.6) is 0 Å². The van der Waals surface area contributed by atoms with Crippen LogP contribution in [0.15, 0.2) is 24.3 Å². The molecule has 1 aromatic rings. The van der Waals surface area contributed by atoms with E-state index < -0.39 is 0 Å². The first-order valence-corrected chi connectivity index (χ1v) is 4.84. The second-order valence-electron chi connectivity index (χ2n) is 4.26. The highest BCUT2D eigenvalue weighted by Gasteiger charge is 2.41. The Bertz CT molecular complexity index is 401. The van der Waals surface area contributed by atoms with Crippen LogP contribution in [-0.2, 0) is 4.74 Å². The number of para-hydroxylation sites is 2. The lowest BCUT2D eigenvalue weighted by Crippen LogP contribution is -2.42. The highest BCUT2D eigenvalue weighted by atomic mass is 16.6. The average Bonchev–Trinajstić information content (AvgIpc) is 2.43. The largest absolute Gasteiger partial charge is 0.447 e. The van der Waals surface area contributed by atoms with E-state index in [9.17, 15) is 4.79 Å². The van der Waals surface area contributed by atoms with Gasteiger partial charge in [-0.1, -0.05) is 12.1 Å². The van der Waals surface area contributed by atoms with Gasteiger partial charge in [-0.25, -0.2) is 4.79 Å². The van der Waals surface area contributed by atoms with Gasteiger partial charge in [0.15, 0.2) is 0 Å². The SMILES string of the molecule is CC1(C)COC(=O)N1c1ccccc1N. The molecule has 80 valence electrons. The van der Waals surface area contributed by atoms with Crippen molar-refractivity contribution in [3.63, 3.8) is 0 Å². The lowest BCUT2D eigenvalue weighted by atomic mass is 10.0. The summed E-state index contributed by atoms with van der Waals surface area (Å²) in [4.78, 5) is 13.2. The van der Waals surface area contributed by atoms with Crippen LogP contribution in [0, 0.1) is 0 Å². The minimum Gasteiger partial charge on any atom is -0.447 e. The number of cyclic esters (lactones) is 1. The Labute approximate surface area is 88.6 Å². The van der Waals surface area contributed by atoms with Gasteiger partial charge in [-0.15, -0.1) is 0 Å². The molecule has 0 aromatic heterocycles. The van der Waals surface area contributed by atoms with Gasteiger partial charge in [-0.3, -0.25) is 4.90 Å². The number of rotatable bonds is 1. The zero-order valence-corrected chi connectivity index (χ0v) is 8.86. The van der Waals surface area contributed by atoms with Crippen molar-refractivity contribution >= 4 is 17.5 Å². The summed E-state index contributed by atoms with van der Waals surface area (Å²) in [6.07, 6.45) is -0.335. The van der Waals surface area contributed by atoms with Crippen molar-refractivity contribution in [3.05, 3.63) is 24.3 Å². The maximum absolute atomic E-state index is 11.6. The fourth-order valence-corrected chi connectivity index (χ4v) is 1.73. The van der Waals surface area contributed by atoms with E-state index in [4.69, 9.17) is 10.5 Å². The summed E-state index contributed by atoms with van der Waals surface area (Å²) in [5, 5.41) is 0. The predicted molar refractivity (Wildman–Crippen MR) is 58.8 cm³/mol. The van der Waals surface area contributed by atoms with Crippen molar-refractivity contribution < 1.29 is 9.53 Å². The van der Waals surface area contributed by atoms with Gasteiger partial charge in [0.25, 0.3) is 0 Å². The van der Waals surface area contributed by atoms with E-state index in [1.54, 1.807) is 11.0 Å². The van der Waals surface area contributed by atoms with Crippen LogP contribution in [0.4, 0.5) is 16.2 Å². The smallest absolute Gasteiger partial charge is 0.415 e. The van der Waals surface area contributed by atoms with Gasteiger partial charge in [0, 0.05) is 0 Å². The molecule has 2 N–H and O–H groups in total. The van der Waals surface area contributed by atoms with Gasteiger partial charge in [0.1, 0.15) is 6.61 Å². The fourth-order valence-electron chi connectivity index (χ4n) is 1.73. The predicted octanol–water partition coefficient (Wildman–Crippen LogP) is 2.00. The molecule has 0 bridgehead atoms. The molecule has 2 rings (SSSR count). The number of carbonyl (C=O) groups is 1. The number of carbonyl (C=O) groups excluding carboxylic acids is 1. The van der Waals surface area contributed by atoms with Crippen LogP contribution in [0.2, 0.25) is 0 Å². The average molecular weight is 206 g/mol. The third-order valence-electron chi connectivity index (χ3n) is 2.51. The Balaban J connectivity index is 2.46. The fraction of sp³-hybridized carbons (Fsp3) is 0.364. The summed E-state index contributed by atoms with van der Waals surface area (Å²) in [5.41, 5.74) is 6.79. The first kappa shape index (κ1) is 9.83. The minimum absolute atomic E-state index is 0.335. The van der Waals surface area contributed by atoms with Crippen molar-refractivity contribution in [1.29, 1.82) is 0 Å². The van der Waals surface area contributed by atoms with Crippen molar-refractivity contribution in [3.8, 4) is 0 Å². The van der Waals surface area contributed by atoms with Crippen molar-refractivity contribution in [2.45, 2.75) is 19.4 Å². The van der Waals surface area contributed by atoms with Crippen LogP contribution in [0.25, 0.3) is 0 Å². The van der Waals surface area contributed by atoms with Gasteiger partial charge in [0.05, 0.1) is 16.9 Å². The summed E-state index contributed by atoms with van der Waals surface area (Å²) in [6, 6.07) is 7.29. The quantitative estimate of drug-likeness (QED) is 0.715. The molecule has 1 heterocycles. The third kappa shape index (κ3) is 1.52. The molecule has 0 spiro atoms. The maximum Gasteiger partial charge on any atom is 0.415 e. The standard InChI is InChI=1S/C11H14N2O2/c1-11(2)7-15-10(14)13(11)9-6-4-3-5-8(9)12/h3-6H,7,12H2,1-2H3. The van der Waals surface area contributed by atoms with E-state index >= 15 is 0 Å². The molecule has 0 atom stereocenters. The van der Waals surface area contributed by atoms with Crippen LogP contribution in [0.1, 0.15) is 13.8 Å². The Morgan fingerprint density at radius 1 is 1.40 bits per heavy atom. The highest BCUT2D eigenvalue weighted by Crippen LogP contribution is 2.33. The van der Waals surface area contributed by atoms with Gasteiger partial charge < -0.3 is 10.5 Å². The van der Waals surface area contributed by atoms with E-state index in [1.807, 2.05) is 32.0 Å². The molecule has 1 aliphatic rings. The zero-order valence-electron chi connectivity index (χ0n) is 8.86. The molecule has 1 amide bonds. The number of benzene rings is 1. The molecule has 1 aromatic carbocycles. The summed E-state index contributed by atoms with van der Waals surface area (Å²) < 4.78 is 5.02. The summed E-state index contributed by atoms with van der Waals surface area (Å²) in [5.74, 6) is 0. The molecule has 0 radical (unpaired) electrons. The number of anilines is 2. The summed E-state index contributed by atoms with van der Waals surface area (Å²) in [7, 11) is 0. The Kier molecular flexibility index (Phi) is 2.07. The van der Waals surface area contributed by atoms with E-state index in [0.29, 0.717) is 18.0 Å². The molecule has 15 heavy (non-hydrogen) atoms. The lowest BCUT2D eigenvalue weighted by Gasteiger charge is -2.28. The minimum atomic E-state index is -0.341. The molecule has 4 nitrogen and oxygen atoms in total. The van der Waals surface area contributed by atoms with Gasteiger partial charge in [0.2, 0.25) is 0 Å². The van der Waals surface area contributed by atoms with Crippen LogP contribution < -0.4 is 10.6 Å². The number of hydrogen-bond acceptors (Lipinski definition) is 3. The molecule has 0 aliphatic carbocycles. The molecule has 0 saturated carbocycles. The summed E-state index contributed by atoms with van der Waals surface area (Å²) >= 11 is 0. The van der Waals surface area contributed by atoms with Gasteiger partial charge in [-0.2, -0.15) is 0 Å². The molecule has 4 heteroatoms. The molecular weight excluding hydrogens is 192 g/mol. The van der Waals surface area contributed by atoms with E-state index in [0.717, 1.165) is 0 Å². The van der Waals surface area contributed by atoms with Gasteiger partial charge >= 0.3 is 6.09 Å². The topological polar surface area (TPSA) is 55.6 Å². The normalized spacial score (nSPS) is 19.1. The monoisotopic (exact) mass is 206 g/mol. The molecule has 0 unspecified atom stereocenters.